The first-order chi connectivity index (χ1) is 2.91. The van der Waals surface area contributed by atoms with Crippen molar-refractivity contribution in [2.75, 3.05) is 0 Å². The van der Waals surface area contributed by atoms with Gasteiger partial charge in [-0.2, -0.15) is 0 Å². The molecular formula is C3H9NOS. The van der Waals surface area contributed by atoms with Crippen molar-refractivity contribution in [3.8, 4) is 0 Å². The molecule has 0 fully saturated rings. The number of hydrogen-bond acceptors (Lipinski definition) is 3. The fourth-order valence-electron chi connectivity index (χ4n) is 0. The maximum Gasteiger partial charge on any atom is 0.119 e. The Balaban J connectivity index is 0. The molecule has 0 atom stereocenters. The maximum atomic E-state index is 9.17. The molecular weight excluding hydrogens is 98.1 g/mol. The number of thiol groups is 1. The molecule has 38 valence electrons. The Kier molecular flexibility index (Phi) is 31.4. The summed E-state index contributed by atoms with van der Waals surface area (Å²) in [5.41, 5.74) is 0. The Morgan fingerprint density at radius 1 is 1.83 bits per heavy atom. The van der Waals surface area contributed by atoms with Gasteiger partial charge in [-0.05, 0) is 0 Å². The molecule has 3 heteroatoms. The second kappa shape index (κ2) is 20.1. The number of nitrogens with two attached hydrogens (primary N) is 1. The van der Waals surface area contributed by atoms with Gasteiger partial charge < -0.3 is 4.79 Å². The van der Waals surface area contributed by atoms with Gasteiger partial charge >= 0.3 is 0 Å². The van der Waals surface area contributed by atoms with Gasteiger partial charge in [-0.1, -0.05) is 6.92 Å². The lowest BCUT2D eigenvalue weighted by Crippen LogP contribution is -1.55. The van der Waals surface area contributed by atoms with Gasteiger partial charge in [0.25, 0.3) is 0 Å². The molecule has 0 aromatic carbocycles. The molecule has 2 N–H and O–H groups in total. The minimum atomic E-state index is 0.639. The van der Waals surface area contributed by atoms with Crippen molar-refractivity contribution < 1.29 is 4.79 Å². The highest BCUT2D eigenvalue weighted by Gasteiger charge is 1.52. The Morgan fingerprint density at radius 3 is 2.00 bits per heavy atom. The number of rotatable bonds is 1. The molecule has 6 heavy (non-hydrogen) atoms. The summed E-state index contributed by atoms with van der Waals surface area (Å²) in [6, 6.07) is 0. The number of carbonyl (C=O) groups excluding carboxylic acids is 1. The SMILES string of the molecule is CCC=O.NS. The van der Waals surface area contributed by atoms with Crippen LogP contribution in [-0.4, -0.2) is 6.29 Å². The van der Waals surface area contributed by atoms with Crippen LogP contribution in [0.5, 0.6) is 0 Å². The lowest BCUT2D eigenvalue weighted by molar-refractivity contribution is -0.107. The third-order valence-corrected chi connectivity index (χ3v) is 0.167. The van der Waals surface area contributed by atoms with Crippen LogP contribution >= 0.6 is 12.8 Å². The van der Waals surface area contributed by atoms with E-state index in [0.29, 0.717) is 6.42 Å². The molecule has 0 aromatic heterocycles. The smallest absolute Gasteiger partial charge is 0.119 e. The van der Waals surface area contributed by atoms with E-state index in [0.717, 1.165) is 6.29 Å². The molecule has 0 saturated heterocycles. The van der Waals surface area contributed by atoms with Gasteiger partial charge in [-0.3, -0.25) is 5.14 Å². The standard InChI is InChI=1S/C3H6O.H3NS/c1-2-3-4;1-2/h3H,2H2,1H3;2H,1H2. The van der Waals surface area contributed by atoms with Gasteiger partial charge in [0.2, 0.25) is 0 Å². The molecule has 0 aliphatic heterocycles. The molecule has 0 spiro atoms. The maximum absolute atomic E-state index is 9.17. The summed E-state index contributed by atoms with van der Waals surface area (Å²) in [6.45, 7) is 1.81. The van der Waals surface area contributed by atoms with E-state index >= 15 is 0 Å². The fourth-order valence-corrected chi connectivity index (χ4v) is 0. The average Bonchev–Trinajstić information content (AvgIpc) is 1.72. The Bertz CT molecular complexity index is 24.8. The summed E-state index contributed by atoms with van der Waals surface area (Å²) in [5.74, 6) is 0. The summed E-state index contributed by atoms with van der Waals surface area (Å²) in [4.78, 5) is 9.17. The van der Waals surface area contributed by atoms with Crippen LogP contribution in [-0.2, 0) is 4.79 Å². The van der Waals surface area contributed by atoms with Crippen LogP contribution in [0.3, 0.4) is 0 Å². The van der Waals surface area contributed by atoms with Crippen molar-refractivity contribution in [2.45, 2.75) is 13.3 Å². The number of hydrogen-bond donors (Lipinski definition) is 2. The zero-order chi connectivity index (χ0) is 5.41. The van der Waals surface area contributed by atoms with Gasteiger partial charge in [0.1, 0.15) is 6.29 Å². The van der Waals surface area contributed by atoms with Crippen LogP contribution in [0.25, 0.3) is 0 Å². The highest BCUT2D eigenvalue weighted by atomic mass is 32.1. The molecule has 0 bridgehead atoms. The van der Waals surface area contributed by atoms with Crippen LogP contribution in [0, 0.1) is 0 Å². The first-order valence-electron chi connectivity index (χ1n) is 1.61. The molecule has 0 aliphatic carbocycles. The predicted molar refractivity (Wildman–Crippen MR) is 29.5 cm³/mol. The zero-order valence-corrected chi connectivity index (χ0v) is 4.61. The van der Waals surface area contributed by atoms with Crippen molar-refractivity contribution >= 4 is 19.1 Å². The van der Waals surface area contributed by atoms with E-state index in [1.54, 1.807) is 0 Å². The topological polar surface area (TPSA) is 43.1 Å². The van der Waals surface area contributed by atoms with E-state index in [1.165, 1.54) is 0 Å². The highest BCUT2D eigenvalue weighted by Crippen LogP contribution is 1.53. The molecule has 0 radical (unpaired) electrons. The number of carbonyl (C=O) groups is 1. The van der Waals surface area contributed by atoms with Crippen molar-refractivity contribution in [3.05, 3.63) is 0 Å². The molecule has 0 heterocycles. The normalized spacial score (nSPS) is 5.17. The molecule has 0 saturated carbocycles. The van der Waals surface area contributed by atoms with Gasteiger partial charge in [0.05, 0.1) is 0 Å². The Hall–Kier alpha value is -0.0200. The van der Waals surface area contributed by atoms with Crippen LogP contribution < -0.4 is 5.14 Å². The first-order valence-corrected chi connectivity index (χ1v) is 2.13. The average molecular weight is 107 g/mol. The van der Waals surface area contributed by atoms with Gasteiger partial charge in [0, 0.05) is 6.42 Å². The second-order valence-corrected chi connectivity index (χ2v) is 0.575. The molecule has 0 unspecified atom stereocenters. The van der Waals surface area contributed by atoms with Crippen molar-refractivity contribution in [1.29, 1.82) is 0 Å². The largest absolute Gasteiger partial charge is 0.303 e. The molecule has 0 amide bonds. The van der Waals surface area contributed by atoms with Crippen molar-refractivity contribution in [1.82, 2.24) is 0 Å². The van der Waals surface area contributed by atoms with Crippen LogP contribution in [0.15, 0.2) is 0 Å². The third-order valence-electron chi connectivity index (χ3n) is 0.167. The molecule has 0 rings (SSSR count). The third kappa shape index (κ3) is 36.8. The van der Waals surface area contributed by atoms with Gasteiger partial charge in [-0.15, -0.1) is 12.8 Å². The van der Waals surface area contributed by atoms with Crippen LogP contribution in [0.2, 0.25) is 0 Å². The van der Waals surface area contributed by atoms with Gasteiger partial charge in [0.15, 0.2) is 0 Å². The quantitative estimate of drug-likeness (QED) is 0.376. The Morgan fingerprint density at radius 2 is 2.00 bits per heavy atom. The molecule has 0 aliphatic rings. The zero-order valence-electron chi connectivity index (χ0n) is 3.72. The summed E-state index contributed by atoms with van der Waals surface area (Å²) in [5, 5.41) is 4.19. The van der Waals surface area contributed by atoms with Gasteiger partial charge in [-0.25, -0.2) is 0 Å². The lowest BCUT2D eigenvalue weighted by atomic mass is 10.6. The summed E-state index contributed by atoms with van der Waals surface area (Å²) in [7, 11) is 0. The Labute approximate surface area is 43.3 Å². The van der Waals surface area contributed by atoms with Crippen LogP contribution in [0.1, 0.15) is 13.3 Å². The summed E-state index contributed by atoms with van der Waals surface area (Å²) < 4.78 is 0. The number of aldehydes is 1. The minimum Gasteiger partial charge on any atom is -0.303 e. The van der Waals surface area contributed by atoms with Crippen molar-refractivity contribution in [2.24, 2.45) is 5.14 Å². The fraction of sp³-hybridized carbons (Fsp3) is 0.667. The lowest BCUT2D eigenvalue weighted by Gasteiger charge is -1.51. The second-order valence-electron chi connectivity index (χ2n) is 0.575. The monoisotopic (exact) mass is 107 g/mol. The predicted octanol–water partition coefficient (Wildman–Crippen LogP) is 0.385. The summed E-state index contributed by atoms with van der Waals surface area (Å²) in [6.07, 6.45) is 1.51. The van der Waals surface area contributed by atoms with E-state index in [1.807, 2.05) is 6.92 Å². The highest BCUT2D eigenvalue weighted by molar-refractivity contribution is 7.77. The first kappa shape index (κ1) is 9.36. The van der Waals surface area contributed by atoms with E-state index in [-0.39, 0.29) is 0 Å². The molecule has 0 aromatic rings. The van der Waals surface area contributed by atoms with Crippen molar-refractivity contribution in [3.63, 3.8) is 0 Å². The molecule has 2 nitrogen and oxygen atoms in total. The van der Waals surface area contributed by atoms with E-state index in [4.69, 9.17) is 0 Å². The van der Waals surface area contributed by atoms with E-state index in [2.05, 4.69) is 18.0 Å². The summed E-state index contributed by atoms with van der Waals surface area (Å²) >= 11 is 3.03. The van der Waals surface area contributed by atoms with E-state index in [9.17, 15) is 4.79 Å². The van der Waals surface area contributed by atoms with E-state index < -0.39 is 0 Å². The minimum absolute atomic E-state index is 0.639. The van der Waals surface area contributed by atoms with Crippen LogP contribution in [0.4, 0.5) is 0 Å².